The van der Waals surface area contributed by atoms with Crippen molar-refractivity contribution in [1.29, 1.82) is 0 Å². The Balaban J connectivity index is 2.60. The predicted octanol–water partition coefficient (Wildman–Crippen LogP) is 0.214. The fraction of sp³-hybridized carbons (Fsp3) is 0.250. The number of carbonyl (C=O) groups is 3. The van der Waals surface area contributed by atoms with Crippen LogP contribution in [-0.2, 0) is 14.3 Å². The highest BCUT2D eigenvalue weighted by atomic mass is 16.5. The molecule has 19 heavy (non-hydrogen) atoms. The molecule has 1 aromatic carbocycles. The number of benzene rings is 1. The maximum atomic E-state index is 11.5. The number of methoxy groups -OCH3 is 1. The van der Waals surface area contributed by atoms with Crippen molar-refractivity contribution < 1.29 is 24.2 Å². The smallest absolute Gasteiger partial charge is 0.337 e. The van der Waals surface area contributed by atoms with Gasteiger partial charge in [-0.3, -0.25) is 9.59 Å². The monoisotopic (exact) mass is 266 g/mol. The molecule has 1 unspecified atom stereocenters. The number of hydrogen-bond acceptors (Lipinski definition) is 5. The van der Waals surface area contributed by atoms with E-state index in [4.69, 9.17) is 10.8 Å². The quantitative estimate of drug-likeness (QED) is 0.656. The number of esters is 1. The molecule has 0 spiro atoms. The van der Waals surface area contributed by atoms with Gasteiger partial charge in [0.15, 0.2) is 0 Å². The third-order valence-electron chi connectivity index (χ3n) is 2.31. The Morgan fingerprint density at radius 1 is 1.32 bits per heavy atom. The van der Waals surface area contributed by atoms with Gasteiger partial charge in [0.25, 0.3) is 0 Å². The van der Waals surface area contributed by atoms with Gasteiger partial charge in [-0.2, -0.15) is 0 Å². The first kappa shape index (κ1) is 14.7. The van der Waals surface area contributed by atoms with E-state index in [-0.39, 0.29) is 6.42 Å². The SMILES string of the molecule is COC(=O)c1ccc(NC(=O)CC(N)C(=O)O)cc1. The highest BCUT2D eigenvalue weighted by Crippen LogP contribution is 2.10. The van der Waals surface area contributed by atoms with E-state index in [1.54, 1.807) is 0 Å². The van der Waals surface area contributed by atoms with Gasteiger partial charge < -0.3 is 20.9 Å². The third-order valence-corrected chi connectivity index (χ3v) is 2.31. The van der Waals surface area contributed by atoms with E-state index in [1.807, 2.05) is 0 Å². The minimum Gasteiger partial charge on any atom is -0.480 e. The van der Waals surface area contributed by atoms with Crippen LogP contribution in [0.4, 0.5) is 5.69 Å². The van der Waals surface area contributed by atoms with Gasteiger partial charge in [-0.1, -0.05) is 0 Å². The van der Waals surface area contributed by atoms with Crippen LogP contribution in [0.2, 0.25) is 0 Å². The largest absolute Gasteiger partial charge is 0.480 e. The van der Waals surface area contributed by atoms with E-state index in [1.165, 1.54) is 31.4 Å². The van der Waals surface area contributed by atoms with Crippen molar-refractivity contribution in [2.24, 2.45) is 5.73 Å². The second-order valence-corrected chi connectivity index (χ2v) is 3.77. The summed E-state index contributed by atoms with van der Waals surface area (Å²) in [6.45, 7) is 0. The molecule has 102 valence electrons. The molecule has 0 saturated carbocycles. The van der Waals surface area contributed by atoms with E-state index in [0.717, 1.165) is 0 Å². The second kappa shape index (κ2) is 6.50. The average Bonchev–Trinajstić information content (AvgIpc) is 2.38. The average molecular weight is 266 g/mol. The molecule has 0 aliphatic rings. The van der Waals surface area contributed by atoms with Gasteiger partial charge in [-0.15, -0.1) is 0 Å². The number of ether oxygens (including phenoxy) is 1. The van der Waals surface area contributed by atoms with E-state index < -0.39 is 23.9 Å². The third kappa shape index (κ3) is 4.40. The molecule has 1 rings (SSSR count). The first-order valence-electron chi connectivity index (χ1n) is 5.40. The molecule has 1 amide bonds. The molecule has 0 bridgehead atoms. The van der Waals surface area contributed by atoms with E-state index >= 15 is 0 Å². The highest BCUT2D eigenvalue weighted by molar-refractivity contribution is 5.95. The van der Waals surface area contributed by atoms with Crippen LogP contribution >= 0.6 is 0 Å². The summed E-state index contributed by atoms with van der Waals surface area (Å²) in [5.41, 5.74) is 6.02. The maximum absolute atomic E-state index is 11.5. The van der Waals surface area contributed by atoms with Gasteiger partial charge in [-0.05, 0) is 24.3 Å². The second-order valence-electron chi connectivity index (χ2n) is 3.77. The molecule has 0 aliphatic carbocycles. The van der Waals surface area contributed by atoms with Crippen molar-refractivity contribution in [3.8, 4) is 0 Å². The van der Waals surface area contributed by atoms with Gasteiger partial charge in [0.2, 0.25) is 5.91 Å². The topological polar surface area (TPSA) is 119 Å². The normalized spacial score (nSPS) is 11.5. The number of rotatable bonds is 5. The Bertz CT molecular complexity index is 483. The van der Waals surface area contributed by atoms with Gasteiger partial charge in [0.1, 0.15) is 6.04 Å². The Labute approximate surface area is 109 Å². The lowest BCUT2D eigenvalue weighted by Crippen LogP contribution is -2.34. The van der Waals surface area contributed by atoms with E-state index in [0.29, 0.717) is 11.3 Å². The Hall–Kier alpha value is -2.41. The van der Waals surface area contributed by atoms with Gasteiger partial charge >= 0.3 is 11.9 Å². The van der Waals surface area contributed by atoms with Gasteiger partial charge in [-0.25, -0.2) is 4.79 Å². The number of aliphatic carboxylic acids is 1. The van der Waals surface area contributed by atoms with Crippen LogP contribution in [0.3, 0.4) is 0 Å². The van der Waals surface area contributed by atoms with Gasteiger partial charge in [0, 0.05) is 5.69 Å². The fourth-order valence-electron chi connectivity index (χ4n) is 1.31. The summed E-state index contributed by atoms with van der Waals surface area (Å²) in [5.74, 6) is -2.23. The predicted molar refractivity (Wildman–Crippen MR) is 66.6 cm³/mol. The van der Waals surface area contributed by atoms with Crippen molar-refractivity contribution in [3.05, 3.63) is 29.8 Å². The fourth-order valence-corrected chi connectivity index (χ4v) is 1.31. The van der Waals surface area contributed by atoms with Crippen LogP contribution < -0.4 is 11.1 Å². The summed E-state index contributed by atoms with van der Waals surface area (Å²) in [4.78, 5) is 33.1. The number of nitrogens with two attached hydrogens (primary N) is 1. The van der Waals surface area contributed by atoms with E-state index in [2.05, 4.69) is 10.1 Å². The zero-order chi connectivity index (χ0) is 14.4. The molecule has 7 heteroatoms. The minimum atomic E-state index is -1.24. The summed E-state index contributed by atoms with van der Waals surface area (Å²) in [5, 5.41) is 11.0. The summed E-state index contributed by atoms with van der Waals surface area (Å²) in [6.07, 6.45) is -0.325. The molecule has 1 atom stereocenters. The first-order chi connectivity index (χ1) is 8.93. The van der Waals surface area contributed by atoms with Crippen LogP contribution in [0.5, 0.6) is 0 Å². The van der Waals surface area contributed by atoms with Gasteiger partial charge in [0.05, 0.1) is 19.1 Å². The Kier molecular flexibility index (Phi) is 5.01. The zero-order valence-electron chi connectivity index (χ0n) is 10.3. The van der Waals surface area contributed by atoms with E-state index in [9.17, 15) is 14.4 Å². The molecule has 0 heterocycles. The number of carboxylic acids is 1. The minimum absolute atomic E-state index is 0.325. The first-order valence-corrected chi connectivity index (χ1v) is 5.40. The molecule has 4 N–H and O–H groups in total. The number of nitrogens with one attached hydrogen (secondary N) is 1. The number of carbonyl (C=O) groups excluding carboxylic acids is 2. The molecule has 0 fully saturated rings. The van der Waals surface area contributed by atoms with Crippen LogP contribution in [0, 0.1) is 0 Å². The molecule has 0 radical (unpaired) electrons. The summed E-state index contributed by atoms with van der Waals surface area (Å²) < 4.78 is 4.53. The summed E-state index contributed by atoms with van der Waals surface area (Å²) >= 11 is 0. The lowest BCUT2D eigenvalue weighted by molar-refractivity contribution is -0.140. The zero-order valence-corrected chi connectivity index (χ0v) is 10.3. The summed E-state index contributed by atoms with van der Waals surface area (Å²) in [6, 6.07) is 4.75. The lowest BCUT2D eigenvalue weighted by Gasteiger charge is -2.08. The lowest BCUT2D eigenvalue weighted by atomic mass is 10.2. The van der Waals surface area contributed by atoms with Crippen molar-refractivity contribution in [2.75, 3.05) is 12.4 Å². The van der Waals surface area contributed by atoms with Crippen LogP contribution in [0.25, 0.3) is 0 Å². The van der Waals surface area contributed by atoms with Crippen LogP contribution in [-0.4, -0.2) is 36.1 Å². The maximum Gasteiger partial charge on any atom is 0.337 e. The molecule has 0 aliphatic heterocycles. The standard InChI is InChI=1S/C12H14N2O5/c1-19-12(18)7-2-4-8(5-3-7)14-10(15)6-9(13)11(16)17/h2-5,9H,6,13H2,1H3,(H,14,15)(H,16,17). The molecule has 0 aromatic heterocycles. The van der Waals surface area contributed by atoms with Crippen molar-refractivity contribution in [2.45, 2.75) is 12.5 Å². The number of hydrogen-bond donors (Lipinski definition) is 3. The highest BCUT2D eigenvalue weighted by Gasteiger charge is 2.16. The van der Waals surface area contributed by atoms with Crippen molar-refractivity contribution >= 4 is 23.5 Å². The molecule has 1 aromatic rings. The number of anilines is 1. The van der Waals surface area contributed by atoms with Crippen LogP contribution in [0.1, 0.15) is 16.8 Å². The van der Waals surface area contributed by atoms with Crippen LogP contribution in [0.15, 0.2) is 24.3 Å². The van der Waals surface area contributed by atoms with Crippen molar-refractivity contribution in [3.63, 3.8) is 0 Å². The molecule has 7 nitrogen and oxygen atoms in total. The Morgan fingerprint density at radius 3 is 2.37 bits per heavy atom. The molecular formula is C12H14N2O5. The Morgan fingerprint density at radius 2 is 1.89 bits per heavy atom. The number of carboxylic acid groups (broad SMARTS) is 1. The molecular weight excluding hydrogens is 252 g/mol. The number of amides is 1. The molecule has 0 saturated heterocycles. The summed E-state index contributed by atoms with van der Waals surface area (Å²) in [7, 11) is 1.27. The van der Waals surface area contributed by atoms with Crippen molar-refractivity contribution in [1.82, 2.24) is 0 Å².